The Balaban J connectivity index is 3.14. The molecule has 0 spiro atoms. The van der Waals surface area contributed by atoms with Crippen molar-refractivity contribution in [2.45, 2.75) is 39.2 Å². The third-order valence-electron chi connectivity index (χ3n) is 2.47. The maximum Gasteiger partial charge on any atom is 0.264 e. The molecule has 7 heteroatoms. The van der Waals surface area contributed by atoms with Crippen molar-refractivity contribution in [1.82, 2.24) is 0 Å². The highest BCUT2D eigenvalue weighted by Gasteiger charge is 2.01. The topological polar surface area (TPSA) is 71.1 Å². The van der Waals surface area contributed by atoms with Gasteiger partial charge in [-0.2, -0.15) is 8.42 Å². The third-order valence-corrected chi connectivity index (χ3v) is 3.07. The van der Waals surface area contributed by atoms with E-state index in [0.717, 1.165) is 25.7 Å². The van der Waals surface area contributed by atoms with Gasteiger partial charge in [0.1, 0.15) is 0 Å². The number of rotatable bonds is 14. The molecule has 0 aromatic heterocycles. The highest BCUT2D eigenvalue weighted by molar-refractivity contribution is 7.85. The molecule has 122 valence electrons. The number of hydrogen-bond donors (Lipinski definition) is 0. The van der Waals surface area contributed by atoms with Crippen LogP contribution in [-0.4, -0.2) is 60.4 Å². The molecule has 6 nitrogen and oxygen atoms in total. The normalized spacial score (nSPS) is 13.6. The molecule has 0 aromatic rings. The predicted octanol–water partition coefficient (Wildman–Crippen LogP) is 1.59. The second-order valence-corrected chi connectivity index (χ2v) is 6.16. The van der Waals surface area contributed by atoms with Gasteiger partial charge in [0.25, 0.3) is 10.1 Å². The molecule has 0 amide bonds. The maximum absolute atomic E-state index is 10.7. The van der Waals surface area contributed by atoms with E-state index in [1.54, 1.807) is 0 Å². The summed E-state index contributed by atoms with van der Waals surface area (Å²) in [5.41, 5.74) is 0. The minimum Gasteiger partial charge on any atom is -0.379 e. The molecule has 0 aliphatic heterocycles. The zero-order valence-corrected chi connectivity index (χ0v) is 13.6. The highest BCUT2D eigenvalue weighted by atomic mass is 32.2. The highest BCUT2D eigenvalue weighted by Crippen LogP contribution is 1.98. The molecular weight excluding hydrogens is 284 g/mol. The molecule has 1 atom stereocenters. The molecule has 0 aromatic carbocycles. The summed E-state index contributed by atoms with van der Waals surface area (Å²) >= 11 is 0. The van der Waals surface area contributed by atoms with Crippen LogP contribution in [0.4, 0.5) is 0 Å². The van der Waals surface area contributed by atoms with E-state index in [1.165, 1.54) is 0 Å². The SMILES string of the molecule is CCOC(C)CCOCCOCCCCOS(C)(=O)=O. The van der Waals surface area contributed by atoms with E-state index in [-0.39, 0.29) is 12.7 Å². The van der Waals surface area contributed by atoms with Gasteiger partial charge in [-0.25, -0.2) is 0 Å². The molecule has 0 fully saturated rings. The van der Waals surface area contributed by atoms with Gasteiger partial charge in [0.15, 0.2) is 0 Å². The largest absolute Gasteiger partial charge is 0.379 e. The lowest BCUT2D eigenvalue weighted by Crippen LogP contribution is -2.13. The number of hydrogen-bond acceptors (Lipinski definition) is 6. The molecule has 20 heavy (non-hydrogen) atoms. The van der Waals surface area contributed by atoms with Gasteiger partial charge in [-0.1, -0.05) is 0 Å². The van der Waals surface area contributed by atoms with Crippen LogP contribution < -0.4 is 0 Å². The fourth-order valence-electron chi connectivity index (χ4n) is 1.46. The average Bonchev–Trinajstić information content (AvgIpc) is 2.35. The van der Waals surface area contributed by atoms with Crippen molar-refractivity contribution in [3.8, 4) is 0 Å². The lowest BCUT2D eigenvalue weighted by atomic mass is 10.3. The Bertz CT molecular complexity index is 304. The van der Waals surface area contributed by atoms with Crippen LogP contribution in [0.1, 0.15) is 33.1 Å². The van der Waals surface area contributed by atoms with Crippen LogP contribution in [-0.2, 0) is 28.5 Å². The van der Waals surface area contributed by atoms with Crippen molar-refractivity contribution in [2.24, 2.45) is 0 Å². The third kappa shape index (κ3) is 15.8. The van der Waals surface area contributed by atoms with Crippen molar-refractivity contribution in [3.63, 3.8) is 0 Å². The minimum absolute atomic E-state index is 0.216. The molecule has 0 saturated heterocycles. The fraction of sp³-hybridized carbons (Fsp3) is 1.00. The second kappa shape index (κ2) is 12.5. The number of ether oxygens (including phenoxy) is 3. The van der Waals surface area contributed by atoms with Crippen LogP contribution in [0.25, 0.3) is 0 Å². The zero-order chi connectivity index (χ0) is 15.3. The van der Waals surface area contributed by atoms with E-state index < -0.39 is 10.1 Å². The lowest BCUT2D eigenvalue weighted by Gasteiger charge is -2.11. The monoisotopic (exact) mass is 312 g/mol. The molecule has 0 aliphatic rings. The standard InChI is InChI=1S/C13H28O6S/c1-4-18-13(2)7-10-17-12-11-16-8-5-6-9-19-20(3,14)15/h13H,4-12H2,1-3H3. The smallest absolute Gasteiger partial charge is 0.264 e. The van der Waals surface area contributed by atoms with Gasteiger partial charge in [-0.15, -0.1) is 0 Å². The molecule has 0 saturated carbocycles. The fourth-order valence-corrected chi connectivity index (χ4v) is 1.88. The quantitative estimate of drug-likeness (QED) is 0.358. The van der Waals surface area contributed by atoms with Gasteiger partial charge in [-0.3, -0.25) is 4.18 Å². The average molecular weight is 312 g/mol. The van der Waals surface area contributed by atoms with Gasteiger partial charge in [-0.05, 0) is 33.1 Å². The van der Waals surface area contributed by atoms with Crippen molar-refractivity contribution in [2.75, 3.05) is 45.9 Å². The summed E-state index contributed by atoms with van der Waals surface area (Å²) in [5, 5.41) is 0. The van der Waals surface area contributed by atoms with Crippen molar-refractivity contribution in [3.05, 3.63) is 0 Å². The van der Waals surface area contributed by atoms with Crippen LogP contribution in [0, 0.1) is 0 Å². The van der Waals surface area contributed by atoms with Crippen molar-refractivity contribution < 1.29 is 26.8 Å². The Hall–Kier alpha value is -0.210. The van der Waals surface area contributed by atoms with Gasteiger partial charge in [0.2, 0.25) is 0 Å². The van der Waals surface area contributed by atoms with Crippen LogP contribution in [0.5, 0.6) is 0 Å². The van der Waals surface area contributed by atoms with E-state index in [0.29, 0.717) is 32.8 Å². The molecule has 0 bridgehead atoms. The van der Waals surface area contributed by atoms with Crippen LogP contribution in [0.2, 0.25) is 0 Å². The summed E-state index contributed by atoms with van der Waals surface area (Å²) in [5.74, 6) is 0. The Morgan fingerprint density at radius 1 is 0.950 bits per heavy atom. The van der Waals surface area contributed by atoms with Gasteiger partial charge >= 0.3 is 0 Å². The van der Waals surface area contributed by atoms with E-state index in [1.807, 2.05) is 13.8 Å². The Kier molecular flexibility index (Phi) is 12.4. The van der Waals surface area contributed by atoms with E-state index >= 15 is 0 Å². The molecule has 1 unspecified atom stereocenters. The lowest BCUT2D eigenvalue weighted by molar-refractivity contribution is 0.0154. The summed E-state index contributed by atoms with van der Waals surface area (Å²) in [4.78, 5) is 0. The predicted molar refractivity (Wildman–Crippen MR) is 77.4 cm³/mol. The van der Waals surface area contributed by atoms with Gasteiger partial charge in [0, 0.05) is 19.8 Å². The first kappa shape index (κ1) is 19.8. The molecular formula is C13H28O6S. The maximum atomic E-state index is 10.7. The molecule has 0 rings (SSSR count). The molecule has 0 N–H and O–H groups in total. The van der Waals surface area contributed by atoms with Gasteiger partial charge < -0.3 is 14.2 Å². The Labute approximate surface area is 122 Å². The van der Waals surface area contributed by atoms with Gasteiger partial charge in [0.05, 0.1) is 32.2 Å². The van der Waals surface area contributed by atoms with Crippen molar-refractivity contribution >= 4 is 10.1 Å². The van der Waals surface area contributed by atoms with E-state index in [9.17, 15) is 8.42 Å². The van der Waals surface area contributed by atoms with Crippen LogP contribution in [0.15, 0.2) is 0 Å². The van der Waals surface area contributed by atoms with E-state index in [4.69, 9.17) is 14.2 Å². The second-order valence-electron chi connectivity index (χ2n) is 4.51. The summed E-state index contributed by atoms with van der Waals surface area (Å²) in [6, 6.07) is 0. The van der Waals surface area contributed by atoms with Crippen molar-refractivity contribution in [1.29, 1.82) is 0 Å². The summed E-state index contributed by atoms with van der Waals surface area (Å²) < 4.78 is 42.1. The summed E-state index contributed by atoms with van der Waals surface area (Å²) in [7, 11) is -3.31. The molecule has 0 heterocycles. The van der Waals surface area contributed by atoms with Crippen LogP contribution >= 0.6 is 0 Å². The summed E-state index contributed by atoms with van der Waals surface area (Å²) in [6.07, 6.45) is 3.61. The zero-order valence-electron chi connectivity index (χ0n) is 12.8. The first-order chi connectivity index (χ1) is 9.45. The minimum atomic E-state index is -3.31. The summed E-state index contributed by atoms with van der Waals surface area (Å²) in [6.45, 7) is 7.34. The Morgan fingerprint density at radius 2 is 1.55 bits per heavy atom. The first-order valence-electron chi connectivity index (χ1n) is 7.07. The number of unbranched alkanes of at least 4 members (excludes halogenated alkanes) is 1. The molecule has 0 aliphatic carbocycles. The van der Waals surface area contributed by atoms with E-state index in [2.05, 4.69) is 4.18 Å². The first-order valence-corrected chi connectivity index (χ1v) is 8.89. The Morgan fingerprint density at radius 3 is 2.15 bits per heavy atom. The molecule has 0 radical (unpaired) electrons. The van der Waals surface area contributed by atoms with Crippen LogP contribution in [0.3, 0.4) is 0 Å².